The molecule has 6 aliphatic rings. The molecule has 0 unspecified atom stereocenters. The fraction of sp³-hybridized carbons (Fsp3) is 0.959. The zero-order chi connectivity index (χ0) is 53.4. The second kappa shape index (κ2) is 27.6. The Morgan fingerprint density at radius 1 is 0.548 bits per heavy atom. The van der Waals surface area contributed by atoms with Gasteiger partial charge in [0.25, 0.3) is 0 Å². The Balaban J connectivity index is 1.28. The summed E-state index contributed by atoms with van der Waals surface area (Å²) in [7, 11) is 0. The van der Waals surface area contributed by atoms with Crippen molar-refractivity contribution in [3.63, 3.8) is 0 Å². The molecule has 0 radical (unpaired) electrons. The fourth-order valence-electron chi connectivity index (χ4n) is 10.1. The van der Waals surface area contributed by atoms with Crippen LogP contribution in [0.1, 0.15) is 126 Å². The van der Waals surface area contributed by atoms with Crippen LogP contribution in [0, 0.1) is 5.92 Å². The summed E-state index contributed by atoms with van der Waals surface area (Å²) < 4.78 is 73.1. The molecule has 73 heavy (non-hydrogen) atoms. The van der Waals surface area contributed by atoms with Gasteiger partial charge >= 0.3 is 11.9 Å². The Hall–Kier alpha value is -1.86. The van der Waals surface area contributed by atoms with Crippen molar-refractivity contribution in [1.82, 2.24) is 0 Å². The standard InChI is InChI=1S/C49H84O24/c1-8-17-26-18-15-13-11-10-12-14-16-19-28(51)68-41-36(59)48(73-43-32(55)29(52)22(4)62-49(43)66-26)65-24(6)39(41)71-47-37(60)42(72-46-34(57)31(54)30(53)27(20-50)67-46)40(25(7)64-47)70-45-35(58)33(56)38(23(5)63-45)69-44(61)21(3)9-2/h21-27,29-43,45-50,52-60H,8-20H2,1-7H3/t21-,22+,23-,24-,25-,26-,27+,29+,30+,31-,32-,33-,34+,35+,36+,37+,38-,39+,40-,41+,42-,43+,45-,46-,47-,48+,49-/m0/s1. The molecular formula is C49H84O24. The molecule has 24 heteroatoms. The van der Waals surface area contributed by atoms with E-state index in [9.17, 15) is 60.7 Å². The predicted molar refractivity (Wildman–Crippen MR) is 247 cm³/mol. The monoisotopic (exact) mass is 1060 g/mol. The topological polar surface area (TPSA) is 347 Å². The average Bonchev–Trinajstić information content (AvgIpc) is 3.35. The van der Waals surface area contributed by atoms with Crippen LogP contribution in [0.25, 0.3) is 0 Å². The van der Waals surface area contributed by atoms with Crippen LogP contribution < -0.4 is 0 Å². The van der Waals surface area contributed by atoms with Crippen LogP contribution >= 0.6 is 0 Å². The van der Waals surface area contributed by atoms with E-state index in [1.54, 1.807) is 20.8 Å². The average molecular weight is 1060 g/mol. The molecule has 0 aliphatic carbocycles. The minimum Gasteiger partial charge on any atom is -0.457 e. The highest BCUT2D eigenvalue weighted by Crippen LogP contribution is 2.38. The highest BCUT2D eigenvalue weighted by molar-refractivity contribution is 5.72. The maximum Gasteiger partial charge on any atom is 0.309 e. The molecule has 0 aromatic heterocycles. The molecule has 0 saturated carbocycles. The SMILES string of the molecule is CCC[C@H]1CCCCCCCCCC(=O)O[C@@H]2[C@@H](O)[C@@H](O[C@H]3[C@H](O1)O[C@H](C)[C@@H](O)[C@@H]3O)O[C@@H](C)[C@H]2O[C@@H]1O[C@@H](C)[C@H](O[C@@H]2O[C@@H](C)[C@H](OC(=O)[C@@H](C)CC)[C@@H](O)[C@H]2O)[C@@H](O[C@@H]2O[C@H](CO)[C@@H](O)[C@H](O)[C@H]2O)[C@H]1O. The third-order valence-corrected chi connectivity index (χ3v) is 15.0. The highest BCUT2D eigenvalue weighted by atomic mass is 16.8. The van der Waals surface area contributed by atoms with Crippen LogP contribution in [0.5, 0.6) is 0 Å². The second-order valence-electron chi connectivity index (χ2n) is 20.6. The number of aliphatic hydroxyl groups is 10. The molecule has 2 bridgehead atoms. The molecule has 24 nitrogen and oxygen atoms in total. The number of rotatable bonds is 12. The van der Waals surface area contributed by atoms with E-state index < -0.39 is 178 Å². The quantitative estimate of drug-likeness (QED) is 0.105. The maximum absolute atomic E-state index is 13.6. The number of carbonyl (C=O) groups is 2. The summed E-state index contributed by atoms with van der Waals surface area (Å²) in [6, 6.07) is 0. The minimum absolute atomic E-state index is 0.0262. The lowest BCUT2D eigenvalue weighted by Gasteiger charge is -2.50. The van der Waals surface area contributed by atoms with E-state index in [1.807, 2.05) is 6.92 Å². The molecule has 6 fully saturated rings. The predicted octanol–water partition coefficient (Wildman–Crippen LogP) is -0.949. The second-order valence-corrected chi connectivity index (χ2v) is 20.6. The van der Waals surface area contributed by atoms with E-state index in [2.05, 4.69) is 0 Å². The zero-order valence-electron chi connectivity index (χ0n) is 43.0. The Bertz CT molecular complexity index is 1680. The van der Waals surface area contributed by atoms with Gasteiger partial charge in [0, 0.05) is 6.42 Å². The molecule has 27 atom stereocenters. The van der Waals surface area contributed by atoms with E-state index in [0.29, 0.717) is 25.7 Å². The minimum atomic E-state index is -2.00. The van der Waals surface area contributed by atoms with E-state index in [-0.39, 0.29) is 12.5 Å². The van der Waals surface area contributed by atoms with E-state index >= 15 is 0 Å². The maximum atomic E-state index is 13.6. The van der Waals surface area contributed by atoms with E-state index in [1.165, 1.54) is 20.8 Å². The Kier molecular flexibility index (Phi) is 22.9. The van der Waals surface area contributed by atoms with Gasteiger partial charge in [-0.3, -0.25) is 9.59 Å². The first-order valence-corrected chi connectivity index (χ1v) is 26.4. The normalized spacial score (nSPS) is 47.4. The van der Waals surface area contributed by atoms with Gasteiger partial charge in [-0.15, -0.1) is 0 Å². The smallest absolute Gasteiger partial charge is 0.309 e. The van der Waals surface area contributed by atoms with Crippen LogP contribution in [0.4, 0.5) is 0 Å². The third kappa shape index (κ3) is 14.6. The molecule has 6 saturated heterocycles. The molecule has 10 N–H and O–H groups in total. The van der Waals surface area contributed by atoms with Crippen LogP contribution in [-0.4, -0.2) is 229 Å². The zero-order valence-corrected chi connectivity index (χ0v) is 43.0. The number of carbonyl (C=O) groups excluding carboxylic acids is 2. The summed E-state index contributed by atoms with van der Waals surface area (Å²) in [5, 5.41) is 112. The highest BCUT2D eigenvalue weighted by Gasteiger charge is 2.57. The lowest BCUT2D eigenvalue weighted by atomic mass is 9.95. The van der Waals surface area contributed by atoms with Gasteiger partial charge in [0.2, 0.25) is 0 Å². The van der Waals surface area contributed by atoms with Gasteiger partial charge in [-0.1, -0.05) is 65.7 Å². The number of hydrogen-bond acceptors (Lipinski definition) is 24. The van der Waals surface area contributed by atoms with E-state index in [4.69, 9.17) is 56.8 Å². The first kappa shape index (κ1) is 60.4. The third-order valence-electron chi connectivity index (χ3n) is 15.0. The van der Waals surface area contributed by atoms with Crippen LogP contribution in [-0.2, 0) is 66.4 Å². The van der Waals surface area contributed by atoms with Gasteiger partial charge in [-0.05, 0) is 53.4 Å². The van der Waals surface area contributed by atoms with E-state index in [0.717, 1.165) is 44.9 Å². The van der Waals surface area contributed by atoms with Gasteiger partial charge in [-0.25, -0.2) is 0 Å². The van der Waals surface area contributed by atoms with Crippen molar-refractivity contribution in [2.24, 2.45) is 5.92 Å². The van der Waals surface area contributed by atoms with Crippen molar-refractivity contribution in [2.45, 2.75) is 285 Å². The first-order chi connectivity index (χ1) is 34.7. The number of hydrogen-bond donors (Lipinski definition) is 10. The summed E-state index contributed by atoms with van der Waals surface area (Å²) in [4.78, 5) is 26.3. The van der Waals surface area contributed by atoms with Gasteiger partial charge in [0.15, 0.2) is 43.7 Å². The molecule has 6 rings (SSSR count). The Labute approximate surface area is 426 Å². The molecule has 0 aromatic carbocycles. The molecule has 0 aromatic rings. The van der Waals surface area contributed by atoms with Crippen molar-refractivity contribution in [1.29, 1.82) is 0 Å². The van der Waals surface area contributed by atoms with Crippen LogP contribution in [0.15, 0.2) is 0 Å². The summed E-state index contributed by atoms with van der Waals surface area (Å²) in [5.74, 6) is -1.85. The van der Waals surface area contributed by atoms with Crippen molar-refractivity contribution in [3.8, 4) is 0 Å². The molecule has 424 valence electrons. The first-order valence-electron chi connectivity index (χ1n) is 26.4. The number of ether oxygens (including phenoxy) is 12. The Morgan fingerprint density at radius 3 is 1.77 bits per heavy atom. The number of aliphatic hydroxyl groups excluding tert-OH is 10. The molecule has 0 spiro atoms. The number of fused-ring (bicyclic) bond motifs is 3. The molecule has 0 amide bonds. The summed E-state index contributed by atoms with van der Waals surface area (Å²) in [5.41, 5.74) is 0. The van der Waals surface area contributed by atoms with Gasteiger partial charge in [0.1, 0.15) is 85.5 Å². The van der Waals surface area contributed by atoms with Crippen molar-refractivity contribution in [3.05, 3.63) is 0 Å². The van der Waals surface area contributed by atoms with Gasteiger partial charge < -0.3 is 108 Å². The van der Waals surface area contributed by atoms with Gasteiger partial charge in [0.05, 0.1) is 43.0 Å². The lowest BCUT2D eigenvalue weighted by molar-refractivity contribution is -0.400. The fourth-order valence-corrected chi connectivity index (χ4v) is 10.1. The lowest BCUT2D eigenvalue weighted by Crippen LogP contribution is -2.68. The molecule has 6 heterocycles. The van der Waals surface area contributed by atoms with Crippen LogP contribution in [0.2, 0.25) is 0 Å². The van der Waals surface area contributed by atoms with Gasteiger partial charge in [-0.2, -0.15) is 0 Å². The summed E-state index contributed by atoms with van der Waals surface area (Å²) >= 11 is 0. The van der Waals surface area contributed by atoms with Crippen molar-refractivity contribution in [2.75, 3.05) is 6.61 Å². The van der Waals surface area contributed by atoms with Crippen molar-refractivity contribution < 1.29 is 117 Å². The molecular weight excluding hydrogens is 973 g/mol. The summed E-state index contributed by atoms with van der Waals surface area (Å²) in [6.07, 6.45) is -30.9. The van der Waals surface area contributed by atoms with Crippen molar-refractivity contribution >= 4 is 11.9 Å². The largest absolute Gasteiger partial charge is 0.457 e. The number of esters is 2. The molecule has 6 aliphatic heterocycles. The Morgan fingerprint density at radius 2 is 1.11 bits per heavy atom. The van der Waals surface area contributed by atoms with Crippen LogP contribution in [0.3, 0.4) is 0 Å². The summed E-state index contributed by atoms with van der Waals surface area (Å²) in [6.45, 7) is 10.6.